The van der Waals surface area contributed by atoms with Gasteiger partial charge in [0, 0.05) is 11.6 Å². The minimum atomic E-state index is -4.98. The third-order valence-corrected chi connectivity index (χ3v) is 6.14. The van der Waals surface area contributed by atoms with Gasteiger partial charge in [-0.1, -0.05) is 12.1 Å². The Kier molecular flexibility index (Phi) is 6.52. The molecule has 35 heavy (non-hydrogen) atoms. The van der Waals surface area contributed by atoms with Crippen LogP contribution in [0.2, 0.25) is 0 Å². The molecular formula is C25H20F7NO2. The summed E-state index contributed by atoms with van der Waals surface area (Å²) < 4.78 is 100. The fourth-order valence-electron chi connectivity index (χ4n) is 4.48. The van der Waals surface area contributed by atoms with Crippen molar-refractivity contribution in [1.82, 2.24) is 0 Å². The van der Waals surface area contributed by atoms with Crippen LogP contribution in [-0.4, -0.2) is 6.10 Å². The lowest BCUT2D eigenvalue weighted by Gasteiger charge is -2.34. The Hall–Kier alpha value is -3.14. The van der Waals surface area contributed by atoms with Gasteiger partial charge in [0.15, 0.2) is 6.20 Å². The van der Waals surface area contributed by atoms with E-state index in [0.29, 0.717) is 41.0 Å². The SMILES string of the molecule is C[C@@H](O[C@@H]1CCc2ccc[n+]([O-])c2[C@H]1c1ccc(F)cc1)c1cc(C(F)(F)F)cc(C(F)(F)F)c1. The molecular weight excluding hydrogens is 479 g/mol. The largest absolute Gasteiger partial charge is 0.618 e. The molecule has 0 saturated carbocycles. The van der Waals surface area contributed by atoms with Crippen LogP contribution < -0.4 is 4.73 Å². The lowest BCUT2D eigenvalue weighted by atomic mass is 9.79. The van der Waals surface area contributed by atoms with Gasteiger partial charge in [-0.25, -0.2) is 4.39 Å². The molecule has 1 aromatic heterocycles. The smallest absolute Gasteiger partial charge is 0.416 e. The summed E-state index contributed by atoms with van der Waals surface area (Å²) in [5.74, 6) is -1.20. The van der Waals surface area contributed by atoms with Gasteiger partial charge in [0.1, 0.15) is 5.82 Å². The number of rotatable bonds is 4. The van der Waals surface area contributed by atoms with Crippen LogP contribution in [0.5, 0.6) is 0 Å². The number of hydrogen-bond donors (Lipinski definition) is 0. The second-order valence-electron chi connectivity index (χ2n) is 8.47. The highest BCUT2D eigenvalue weighted by Gasteiger charge is 2.40. The highest BCUT2D eigenvalue weighted by atomic mass is 19.4. The number of ether oxygens (including phenoxy) is 1. The number of alkyl halides is 6. The van der Waals surface area contributed by atoms with E-state index in [1.165, 1.54) is 37.4 Å². The second kappa shape index (κ2) is 9.14. The molecule has 0 unspecified atom stereocenters. The van der Waals surface area contributed by atoms with E-state index in [-0.39, 0.29) is 11.6 Å². The van der Waals surface area contributed by atoms with Crippen molar-refractivity contribution in [1.29, 1.82) is 0 Å². The third kappa shape index (κ3) is 5.27. The maximum Gasteiger partial charge on any atom is 0.416 e. The zero-order chi connectivity index (χ0) is 25.5. The van der Waals surface area contributed by atoms with Crippen molar-refractivity contribution < 1.29 is 40.2 Å². The van der Waals surface area contributed by atoms with Gasteiger partial charge in [0.25, 0.3) is 0 Å². The molecule has 0 amide bonds. The average molecular weight is 499 g/mol. The molecule has 0 N–H and O–H groups in total. The Morgan fingerprint density at radius 3 is 2.11 bits per heavy atom. The molecule has 0 saturated heterocycles. The topological polar surface area (TPSA) is 36.2 Å². The van der Waals surface area contributed by atoms with E-state index in [4.69, 9.17) is 4.74 Å². The predicted octanol–water partition coefficient (Wildman–Crippen LogP) is 6.72. The predicted molar refractivity (Wildman–Crippen MR) is 112 cm³/mol. The minimum Gasteiger partial charge on any atom is -0.618 e. The first-order valence-electron chi connectivity index (χ1n) is 10.8. The summed E-state index contributed by atoms with van der Waals surface area (Å²) in [6, 6.07) is 10.1. The Labute approximate surface area is 196 Å². The fraction of sp³-hybridized carbons (Fsp3) is 0.320. The van der Waals surface area contributed by atoms with Gasteiger partial charge in [0.2, 0.25) is 5.69 Å². The summed E-state index contributed by atoms with van der Waals surface area (Å²) in [7, 11) is 0. The van der Waals surface area contributed by atoms with Gasteiger partial charge in [-0.15, -0.1) is 0 Å². The molecule has 1 aliphatic rings. The van der Waals surface area contributed by atoms with Gasteiger partial charge >= 0.3 is 12.4 Å². The average Bonchev–Trinajstić information content (AvgIpc) is 2.78. The van der Waals surface area contributed by atoms with Crippen molar-refractivity contribution in [3.8, 4) is 0 Å². The van der Waals surface area contributed by atoms with E-state index in [0.717, 1.165) is 5.56 Å². The van der Waals surface area contributed by atoms with Crippen LogP contribution in [-0.2, 0) is 23.5 Å². The minimum absolute atomic E-state index is 0.0642. The summed E-state index contributed by atoms with van der Waals surface area (Å²) >= 11 is 0. The molecule has 3 nitrogen and oxygen atoms in total. The van der Waals surface area contributed by atoms with Crippen LogP contribution in [0, 0.1) is 11.0 Å². The summed E-state index contributed by atoms with van der Waals surface area (Å²) in [4.78, 5) is 0. The van der Waals surface area contributed by atoms with E-state index in [1.807, 2.05) is 0 Å². The molecule has 1 aliphatic carbocycles. The molecule has 10 heteroatoms. The Bertz CT molecular complexity index is 1170. The first-order valence-corrected chi connectivity index (χ1v) is 10.8. The molecule has 2 aromatic carbocycles. The van der Waals surface area contributed by atoms with Gasteiger partial charge in [-0.05, 0) is 67.3 Å². The van der Waals surface area contributed by atoms with E-state index in [1.54, 1.807) is 12.1 Å². The summed E-state index contributed by atoms with van der Waals surface area (Å²) in [6.07, 6.45) is -9.80. The molecule has 1 heterocycles. The summed E-state index contributed by atoms with van der Waals surface area (Å²) in [5, 5.41) is 12.7. The van der Waals surface area contributed by atoms with Gasteiger partial charge in [-0.3, -0.25) is 0 Å². The molecule has 0 radical (unpaired) electrons. The quantitative estimate of drug-likeness (QED) is 0.227. The molecule has 3 atom stereocenters. The highest BCUT2D eigenvalue weighted by molar-refractivity contribution is 5.37. The maximum atomic E-state index is 13.5. The first-order chi connectivity index (χ1) is 16.3. The number of halogens is 7. The molecule has 0 fully saturated rings. The molecule has 4 rings (SSSR count). The summed E-state index contributed by atoms with van der Waals surface area (Å²) in [5.41, 5.74) is -1.52. The van der Waals surface area contributed by atoms with Crippen LogP contribution in [0.1, 0.15) is 58.9 Å². The van der Waals surface area contributed by atoms with Crippen molar-refractivity contribution in [2.45, 2.75) is 50.2 Å². The van der Waals surface area contributed by atoms with Gasteiger partial charge < -0.3 is 9.94 Å². The van der Waals surface area contributed by atoms with E-state index >= 15 is 0 Å². The third-order valence-electron chi connectivity index (χ3n) is 6.14. The highest BCUT2D eigenvalue weighted by Crippen LogP contribution is 2.41. The number of aryl methyl sites for hydroxylation is 1. The lowest BCUT2D eigenvalue weighted by molar-refractivity contribution is -0.616. The number of nitrogens with zero attached hydrogens (tertiary/aromatic N) is 1. The van der Waals surface area contributed by atoms with Crippen molar-refractivity contribution in [2.75, 3.05) is 0 Å². The Morgan fingerprint density at radius 2 is 1.54 bits per heavy atom. The van der Waals surface area contributed by atoms with Crippen LogP contribution in [0.25, 0.3) is 0 Å². The van der Waals surface area contributed by atoms with Crippen LogP contribution in [0.3, 0.4) is 0 Å². The fourth-order valence-corrected chi connectivity index (χ4v) is 4.48. The lowest BCUT2D eigenvalue weighted by Crippen LogP contribution is -2.42. The summed E-state index contributed by atoms with van der Waals surface area (Å²) in [6.45, 7) is 1.36. The first kappa shape index (κ1) is 25.0. The Balaban J connectivity index is 1.73. The number of pyridine rings is 1. The van der Waals surface area contributed by atoms with Gasteiger partial charge in [0.05, 0.1) is 29.3 Å². The number of benzene rings is 2. The second-order valence-corrected chi connectivity index (χ2v) is 8.47. The molecule has 186 valence electrons. The number of hydrogen-bond acceptors (Lipinski definition) is 2. The van der Waals surface area contributed by atoms with Gasteiger partial charge in [-0.2, -0.15) is 31.1 Å². The number of aromatic nitrogens is 1. The van der Waals surface area contributed by atoms with Crippen molar-refractivity contribution in [3.63, 3.8) is 0 Å². The van der Waals surface area contributed by atoms with Crippen LogP contribution in [0.15, 0.2) is 60.8 Å². The van der Waals surface area contributed by atoms with Crippen LogP contribution >= 0.6 is 0 Å². The zero-order valence-corrected chi connectivity index (χ0v) is 18.3. The molecule has 0 bridgehead atoms. The molecule has 0 aliphatic heterocycles. The van der Waals surface area contributed by atoms with Crippen molar-refractivity contribution in [3.05, 3.63) is 105 Å². The maximum absolute atomic E-state index is 13.5. The number of fused-ring (bicyclic) bond motifs is 1. The normalized spacial score (nSPS) is 19.3. The zero-order valence-electron chi connectivity index (χ0n) is 18.3. The molecule has 3 aromatic rings. The Morgan fingerprint density at radius 1 is 0.943 bits per heavy atom. The van der Waals surface area contributed by atoms with Crippen molar-refractivity contribution in [2.24, 2.45) is 0 Å². The standard InChI is InChI=1S/C25H20F7NO2/c1-14(17-11-18(24(27,28)29)13-19(12-17)25(30,31)32)35-21-9-6-16-3-2-10-33(34)23(16)22(21)15-4-7-20(26)8-5-15/h2-5,7-8,10-14,21-22H,6,9H2,1H3/t14-,21-,22+/m1/s1. The van der Waals surface area contributed by atoms with Crippen LogP contribution in [0.4, 0.5) is 30.7 Å². The van der Waals surface area contributed by atoms with E-state index in [9.17, 15) is 35.9 Å². The molecule has 0 spiro atoms. The van der Waals surface area contributed by atoms with Crippen molar-refractivity contribution >= 4 is 0 Å². The monoisotopic (exact) mass is 499 g/mol. The van der Waals surface area contributed by atoms with E-state index < -0.39 is 47.4 Å². The van der Waals surface area contributed by atoms with E-state index in [2.05, 4.69) is 0 Å².